The molecule has 1 saturated carbocycles. The van der Waals surface area contributed by atoms with Crippen LogP contribution in [-0.4, -0.2) is 29.0 Å². The average molecular weight is 231 g/mol. The van der Waals surface area contributed by atoms with Gasteiger partial charge in [-0.15, -0.1) is 0 Å². The summed E-state index contributed by atoms with van der Waals surface area (Å²) in [6.45, 7) is 1.06. The second-order valence-electron chi connectivity index (χ2n) is 3.86. The molecule has 2 N–H and O–H groups in total. The van der Waals surface area contributed by atoms with Gasteiger partial charge in [-0.1, -0.05) is 0 Å². The van der Waals surface area contributed by atoms with E-state index >= 15 is 0 Å². The van der Waals surface area contributed by atoms with Gasteiger partial charge in [0, 0.05) is 31.4 Å². The monoisotopic (exact) mass is 231 g/mol. The standard InChI is InChI=1S/C11H13N5O/c12-7-9-10(14-4-3-13-9)15-5-6-16-11(17)8-1-2-8/h3-4,8H,1-2,5-6H2,(H,14,15)(H,16,17). The van der Waals surface area contributed by atoms with E-state index in [-0.39, 0.29) is 17.5 Å². The Balaban J connectivity index is 1.74. The van der Waals surface area contributed by atoms with E-state index in [0.717, 1.165) is 12.8 Å². The lowest BCUT2D eigenvalue weighted by molar-refractivity contribution is -0.122. The number of amides is 1. The highest BCUT2D eigenvalue weighted by Gasteiger charge is 2.28. The Hall–Kier alpha value is -2.16. The van der Waals surface area contributed by atoms with E-state index in [9.17, 15) is 4.79 Å². The Morgan fingerprint density at radius 3 is 2.88 bits per heavy atom. The predicted molar refractivity (Wildman–Crippen MR) is 61.0 cm³/mol. The summed E-state index contributed by atoms with van der Waals surface area (Å²) in [4.78, 5) is 19.2. The number of carbonyl (C=O) groups is 1. The zero-order valence-corrected chi connectivity index (χ0v) is 9.31. The normalized spacial score (nSPS) is 13.8. The Labute approximate surface area is 99.1 Å². The maximum atomic E-state index is 11.3. The van der Waals surface area contributed by atoms with Crippen LogP contribution < -0.4 is 10.6 Å². The van der Waals surface area contributed by atoms with Crippen molar-refractivity contribution < 1.29 is 4.79 Å². The molecule has 1 aliphatic rings. The summed E-state index contributed by atoms with van der Waals surface area (Å²) in [5, 5.41) is 14.6. The van der Waals surface area contributed by atoms with Crippen LogP contribution in [-0.2, 0) is 4.79 Å². The number of hydrogen-bond donors (Lipinski definition) is 2. The molecule has 0 bridgehead atoms. The minimum atomic E-state index is 0.117. The molecule has 0 radical (unpaired) electrons. The molecule has 88 valence electrons. The minimum Gasteiger partial charge on any atom is -0.366 e. The fourth-order valence-corrected chi connectivity index (χ4v) is 1.41. The molecule has 17 heavy (non-hydrogen) atoms. The third-order valence-electron chi connectivity index (χ3n) is 2.47. The summed E-state index contributed by atoms with van der Waals surface area (Å²) in [5.41, 5.74) is 0.265. The third-order valence-corrected chi connectivity index (χ3v) is 2.47. The number of nitrogens with one attached hydrogen (secondary N) is 2. The van der Waals surface area contributed by atoms with Crippen LogP contribution in [0, 0.1) is 17.2 Å². The smallest absolute Gasteiger partial charge is 0.223 e. The molecule has 1 heterocycles. The van der Waals surface area contributed by atoms with Crippen molar-refractivity contribution in [3.63, 3.8) is 0 Å². The first-order chi connectivity index (χ1) is 8.31. The SMILES string of the molecule is N#Cc1nccnc1NCCNC(=O)C1CC1. The Kier molecular flexibility index (Phi) is 3.50. The summed E-state index contributed by atoms with van der Waals surface area (Å²) in [6.07, 6.45) is 4.99. The highest BCUT2D eigenvalue weighted by atomic mass is 16.2. The van der Waals surface area contributed by atoms with Gasteiger partial charge in [-0.05, 0) is 12.8 Å². The zero-order valence-electron chi connectivity index (χ0n) is 9.31. The molecule has 0 aromatic carbocycles. The van der Waals surface area contributed by atoms with Crippen molar-refractivity contribution in [3.8, 4) is 6.07 Å². The lowest BCUT2D eigenvalue weighted by Gasteiger charge is -2.07. The molecule has 0 aliphatic heterocycles. The number of carbonyl (C=O) groups excluding carboxylic acids is 1. The maximum Gasteiger partial charge on any atom is 0.223 e. The highest BCUT2D eigenvalue weighted by molar-refractivity contribution is 5.80. The summed E-state index contributed by atoms with van der Waals surface area (Å²) >= 11 is 0. The van der Waals surface area contributed by atoms with Gasteiger partial charge in [0.1, 0.15) is 6.07 Å². The molecule has 0 saturated heterocycles. The van der Waals surface area contributed by atoms with Crippen molar-refractivity contribution in [2.45, 2.75) is 12.8 Å². The number of hydrogen-bond acceptors (Lipinski definition) is 5. The van der Waals surface area contributed by atoms with Crippen LogP contribution >= 0.6 is 0 Å². The molecule has 1 aromatic heterocycles. The van der Waals surface area contributed by atoms with Gasteiger partial charge in [0.05, 0.1) is 0 Å². The van der Waals surface area contributed by atoms with Crippen molar-refractivity contribution in [1.82, 2.24) is 15.3 Å². The van der Waals surface area contributed by atoms with Crippen LogP contribution in [0.4, 0.5) is 5.82 Å². The fraction of sp³-hybridized carbons (Fsp3) is 0.455. The molecule has 2 rings (SSSR count). The predicted octanol–water partition coefficient (Wildman–Crippen LogP) is 0.286. The largest absolute Gasteiger partial charge is 0.366 e. The third kappa shape index (κ3) is 3.14. The molecule has 0 unspecified atom stereocenters. The quantitative estimate of drug-likeness (QED) is 0.710. The molecular formula is C11H13N5O. The molecule has 1 amide bonds. The maximum absolute atomic E-state index is 11.3. The Morgan fingerprint density at radius 2 is 2.18 bits per heavy atom. The van der Waals surface area contributed by atoms with Gasteiger partial charge in [-0.3, -0.25) is 4.79 Å². The van der Waals surface area contributed by atoms with E-state index in [1.54, 1.807) is 0 Å². The zero-order chi connectivity index (χ0) is 12.1. The molecule has 1 aliphatic carbocycles. The molecule has 1 fully saturated rings. The first kappa shape index (κ1) is 11.3. The second-order valence-corrected chi connectivity index (χ2v) is 3.86. The van der Waals surface area contributed by atoms with Crippen LogP contribution in [0.1, 0.15) is 18.5 Å². The summed E-state index contributed by atoms with van der Waals surface area (Å²) in [7, 11) is 0. The topological polar surface area (TPSA) is 90.7 Å². The molecule has 0 atom stereocenters. The van der Waals surface area contributed by atoms with Gasteiger partial charge >= 0.3 is 0 Å². The molecular weight excluding hydrogens is 218 g/mol. The van der Waals surface area contributed by atoms with Gasteiger partial charge in [0.2, 0.25) is 5.91 Å². The number of aromatic nitrogens is 2. The van der Waals surface area contributed by atoms with Crippen molar-refractivity contribution in [3.05, 3.63) is 18.1 Å². The van der Waals surface area contributed by atoms with Crippen molar-refractivity contribution >= 4 is 11.7 Å². The minimum absolute atomic E-state index is 0.117. The van der Waals surface area contributed by atoms with Gasteiger partial charge in [0.25, 0.3) is 0 Å². The van der Waals surface area contributed by atoms with Crippen LogP contribution in [0.5, 0.6) is 0 Å². The number of rotatable bonds is 5. The Bertz CT molecular complexity index is 449. The first-order valence-corrected chi connectivity index (χ1v) is 5.54. The van der Waals surface area contributed by atoms with Gasteiger partial charge < -0.3 is 10.6 Å². The van der Waals surface area contributed by atoms with E-state index in [1.807, 2.05) is 6.07 Å². The second kappa shape index (κ2) is 5.25. The van der Waals surface area contributed by atoms with Gasteiger partial charge in [-0.25, -0.2) is 9.97 Å². The van der Waals surface area contributed by atoms with Crippen LogP contribution in [0.15, 0.2) is 12.4 Å². The van der Waals surface area contributed by atoms with Crippen LogP contribution in [0.25, 0.3) is 0 Å². The lowest BCUT2D eigenvalue weighted by Crippen LogP contribution is -2.30. The van der Waals surface area contributed by atoms with E-state index in [1.165, 1.54) is 12.4 Å². The summed E-state index contributed by atoms with van der Waals surface area (Å²) in [5.74, 6) is 0.795. The summed E-state index contributed by atoms with van der Waals surface area (Å²) in [6, 6.07) is 1.95. The first-order valence-electron chi connectivity index (χ1n) is 5.54. The number of anilines is 1. The van der Waals surface area contributed by atoms with E-state index in [0.29, 0.717) is 18.9 Å². The average Bonchev–Trinajstić information content (AvgIpc) is 3.19. The van der Waals surface area contributed by atoms with E-state index in [4.69, 9.17) is 5.26 Å². The lowest BCUT2D eigenvalue weighted by atomic mass is 10.4. The van der Waals surface area contributed by atoms with Gasteiger partial charge in [-0.2, -0.15) is 5.26 Å². The van der Waals surface area contributed by atoms with Crippen LogP contribution in [0.3, 0.4) is 0 Å². The van der Waals surface area contributed by atoms with E-state index < -0.39 is 0 Å². The molecule has 6 heteroatoms. The van der Waals surface area contributed by atoms with Crippen molar-refractivity contribution in [1.29, 1.82) is 5.26 Å². The van der Waals surface area contributed by atoms with E-state index in [2.05, 4.69) is 20.6 Å². The molecule has 1 aromatic rings. The van der Waals surface area contributed by atoms with Gasteiger partial charge in [0.15, 0.2) is 11.5 Å². The van der Waals surface area contributed by atoms with Crippen LogP contribution in [0.2, 0.25) is 0 Å². The molecule has 0 spiro atoms. The highest BCUT2D eigenvalue weighted by Crippen LogP contribution is 2.28. The Morgan fingerprint density at radius 1 is 1.41 bits per heavy atom. The van der Waals surface area contributed by atoms with Crippen molar-refractivity contribution in [2.75, 3.05) is 18.4 Å². The summed E-state index contributed by atoms with van der Waals surface area (Å²) < 4.78 is 0. The van der Waals surface area contributed by atoms with Crippen molar-refractivity contribution in [2.24, 2.45) is 5.92 Å². The number of nitriles is 1. The molecule has 6 nitrogen and oxygen atoms in total. The fourth-order valence-electron chi connectivity index (χ4n) is 1.41. The number of nitrogens with zero attached hydrogens (tertiary/aromatic N) is 3.